The van der Waals surface area contributed by atoms with Crippen molar-refractivity contribution in [2.24, 2.45) is 0 Å². The molecule has 6 heteroatoms. The fourth-order valence-electron chi connectivity index (χ4n) is 2.33. The van der Waals surface area contributed by atoms with Crippen LogP contribution in [0.2, 0.25) is 15.1 Å². The van der Waals surface area contributed by atoms with E-state index in [0.717, 1.165) is 5.56 Å². The predicted molar refractivity (Wildman–Crippen MR) is 107 cm³/mol. The van der Waals surface area contributed by atoms with E-state index >= 15 is 0 Å². The van der Waals surface area contributed by atoms with Gasteiger partial charge in [-0.1, -0.05) is 59.1 Å². The van der Waals surface area contributed by atoms with Gasteiger partial charge >= 0.3 is 0 Å². The van der Waals surface area contributed by atoms with Gasteiger partial charge in [-0.3, -0.25) is 4.79 Å². The third kappa shape index (κ3) is 4.92. The molecule has 26 heavy (non-hydrogen) atoms. The van der Waals surface area contributed by atoms with E-state index in [-0.39, 0.29) is 5.91 Å². The largest absolute Gasteiger partial charge is 0.489 e. The van der Waals surface area contributed by atoms with Gasteiger partial charge in [0.05, 0.1) is 0 Å². The number of benzene rings is 3. The highest BCUT2D eigenvalue weighted by molar-refractivity contribution is 6.35. The molecular formula is C20H14Cl3NO2. The van der Waals surface area contributed by atoms with Crippen LogP contribution in [0.5, 0.6) is 5.75 Å². The number of carbonyl (C=O) groups is 1. The number of amides is 1. The third-order valence-corrected chi connectivity index (χ3v) is 4.37. The number of nitrogens with one attached hydrogen (secondary N) is 1. The SMILES string of the molecule is O=C(Nc1cc(Cl)cc(Cl)c1)c1cccc(OCc2ccccc2Cl)c1. The van der Waals surface area contributed by atoms with E-state index in [9.17, 15) is 4.79 Å². The van der Waals surface area contributed by atoms with Crippen LogP contribution < -0.4 is 10.1 Å². The number of anilines is 1. The fourth-order valence-corrected chi connectivity index (χ4v) is 3.05. The van der Waals surface area contributed by atoms with Gasteiger partial charge in [0, 0.05) is 31.9 Å². The molecule has 3 aromatic rings. The number of hydrogen-bond donors (Lipinski definition) is 1. The van der Waals surface area contributed by atoms with Crippen molar-refractivity contribution in [3.63, 3.8) is 0 Å². The molecule has 0 aliphatic rings. The van der Waals surface area contributed by atoms with E-state index in [1.165, 1.54) is 0 Å². The molecular weight excluding hydrogens is 393 g/mol. The monoisotopic (exact) mass is 405 g/mol. The van der Waals surface area contributed by atoms with Gasteiger partial charge in [0.25, 0.3) is 5.91 Å². The van der Waals surface area contributed by atoms with E-state index in [0.29, 0.717) is 38.7 Å². The Hall–Kier alpha value is -2.20. The molecule has 0 aliphatic heterocycles. The lowest BCUT2D eigenvalue weighted by Crippen LogP contribution is -2.12. The summed E-state index contributed by atoms with van der Waals surface area (Å²) in [6.45, 7) is 0.314. The molecule has 132 valence electrons. The Morgan fingerprint density at radius 2 is 1.62 bits per heavy atom. The van der Waals surface area contributed by atoms with Crippen molar-refractivity contribution in [3.05, 3.63) is 92.9 Å². The molecule has 0 fully saturated rings. The first-order chi connectivity index (χ1) is 12.5. The van der Waals surface area contributed by atoms with Crippen LogP contribution in [0.3, 0.4) is 0 Å². The van der Waals surface area contributed by atoms with Crippen LogP contribution in [0.15, 0.2) is 66.7 Å². The van der Waals surface area contributed by atoms with Crippen LogP contribution in [0.1, 0.15) is 15.9 Å². The first-order valence-corrected chi connectivity index (χ1v) is 8.88. The standard InChI is InChI=1S/C20H14Cl3NO2/c21-15-9-16(22)11-17(10-15)24-20(25)13-5-3-6-18(8-13)26-12-14-4-1-2-7-19(14)23/h1-11H,12H2,(H,24,25). The third-order valence-electron chi connectivity index (χ3n) is 3.57. The summed E-state index contributed by atoms with van der Waals surface area (Å²) in [5.41, 5.74) is 1.85. The minimum absolute atomic E-state index is 0.286. The van der Waals surface area contributed by atoms with Gasteiger partial charge in [-0.2, -0.15) is 0 Å². The Morgan fingerprint density at radius 1 is 0.885 bits per heavy atom. The summed E-state index contributed by atoms with van der Waals surface area (Å²) in [6.07, 6.45) is 0. The molecule has 3 aromatic carbocycles. The lowest BCUT2D eigenvalue weighted by molar-refractivity contribution is 0.102. The zero-order valence-corrected chi connectivity index (χ0v) is 15.8. The molecule has 0 saturated carbocycles. The van der Waals surface area contributed by atoms with Crippen LogP contribution in [0.4, 0.5) is 5.69 Å². The molecule has 0 aromatic heterocycles. The second kappa shape index (κ2) is 8.45. The van der Waals surface area contributed by atoms with E-state index in [2.05, 4.69) is 5.32 Å². The van der Waals surface area contributed by atoms with Gasteiger partial charge in [0.2, 0.25) is 0 Å². The summed E-state index contributed by atoms with van der Waals surface area (Å²) in [7, 11) is 0. The molecule has 1 N–H and O–H groups in total. The van der Waals surface area contributed by atoms with Gasteiger partial charge in [0.1, 0.15) is 12.4 Å². The number of ether oxygens (including phenoxy) is 1. The first kappa shape index (κ1) is 18.6. The van der Waals surface area contributed by atoms with Crippen LogP contribution in [0, 0.1) is 0 Å². The van der Waals surface area contributed by atoms with Crippen molar-refractivity contribution in [2.75, 3.05) is 5.32 Å². The summed E-state index contributed by atoms with van der Waals surface area (Å²) in [6, 6.07) is 19.2. The molecule has 0 radical (unpaired) electrons. The highest BCUT2D eigenvalue weighted by Gasteiger charge is 2.09. The van der Waals surface area contributed by atoms with Crippen molar-refractivity contribution in [2.45, 2.75) is 6.61 Å². The van der Waals surface area contributed by atoms with E-state index in [1.807, 2.05) is 18.2 Å². The second-order valence-corrected chi connectivity index (χ2v) is 6.80. The smallest absolute Gasteiger partial charge is 0.255 e. The van der Waals surface area contributed by atoms with Gasteiger partial charge in [0.15, 0.2) is 0 Å². The highest BCUT2D eigenvalue weighted by Crippen LogP contribution is 2.24. The van der Waals surface area contributed by atoms with Gasteiger partial charge in [-0.15, -0.1) is 0 Å². The summed E-state index contributed by atoms with van der Waals surface area (Å²) in [5, 5.41) is 4.30. The Labute approximate surface area is 166 Å². The summed E-state index contributed by atoms with van der Waals surface area (Å²) >= 11 is 18.0. The van der Waals surface area contributed by atoms with E-state index < -0.39 is 0 Å². The quantitative estimate of drug-likeness (QED) is 0.526. The van der Waals surface area contributed by atoms with Crippen molar-refractivity contribution < 1.29 is 9.53 Å². The van der Waals surface area contributed by atoms with Gasteiger partial charge < -0.3 is 10.1 Å². The Kier molecular flexibility index (Phi) is 6.04. The van der Waals surface area contributed by atoms with Crippen LogP contribution in [-0.4, -0.2) is 5.91 Å². The zero-order valence-electron chi connectivity index (χ0n) is 13.5. The summed E-state index contributed by atoms with van der Waals surface area (Å²) in [5.74, 6) is 0.285. The highest BCUT2D eigenvalue weighted by atomic mass is 35.5. The molecule has 0 atom stereocenters. The fraction of sp³-hybridized carbons (Fsp3) is 0.0500. The Morgan fingerprint density at radius 3 is 2.35 bits per heavy atom. The predicted octanol–water partition coefficient (Wildman–Crippen LogP) is 6.48. The first-order valence-electron chi connectivity index (χ1n) is 7.75. The number of halogens is 3. The zero-order chi connectivity index (χ0) is 18.5. The lowest BCUT2D eigenvalue weighted by Gasteiger charge is -2.10. The van der Waals surface area contributed by atoms with Crippen LogP contribution in [-0.2, 0) is 6.61 Å². The molecule has 3 rings (SSSR count). The van der Waals surface area contributed by atoms with Crippen LogP contribution in [0.25, 0.3) is 0 Å². The molecule has 0 unspecified atom stereocenters. The van der Waals surface area contributed by atoms with Gasteiger partial charge in [-0.25, -0.2) is 0 Å². The molecule has 0 aliphatic carbocycles. The summed E-state index contributed by atoms with van der Waals surface area (Å²) < 4.78 is 5.75. The molecule has 0 saturated heterocycles. The molecule has 3 nitrogen and oxygen atoms in total. The van der Waals surface area contributed by atoms with Gasteiger partial charge in [-0.05, 0) is 42.5 Å². The number of hydrogen-bond acceptors (Lipinski definition) is 2. The van der Waals surface area contributed by atoms with Crippen molar-refractivity contribution in [1.82, 2.24) is 0 Å². The van der Waals surface area contributed by atoms with Crippen molar-refractivity contribution >= 4 is 46.4 Å². The topological polar surface area (TPSA) is 38.3 Å². The second-order valence-electron chi connectivity index (χ2n) is 5.52. The minimum atomic E-state index is -0.286. The number of carbonyl (C=O) groups excluding carboxylic acids is 1. The Balaban J connectivity index is 1.70. The maximum Gasteiger partial charge on any atom is 0.255 e. The minimum Gasteiger partial charge on any atom is -0.489 e. The Bertz CT molecular complexity index is 924. The average Bonchev–Trinajstić information content (AvgIpc) is 2.60. The van der Waals surface area contributed by atoms with Crippen molar-refractivity contribution in [3.8, 4) is 5.75 Å². The van der Waals surface area contributed by atoms with E-state index in [1.54, 1.807) is 48.5 Å². The molecule has 0 spiro atoms. The maximum absolute atomic E-state index is 12.4. The lowest BCUT2D eigenvalue weighted by atomic mass is 10.2. The molecule has 0 heterocycles. The van der Waals surface area contributed by atoms with Crippen molar-refractivity contribution in [1.29, 1.82) is 0 Å². The normalized spacial score (nSPS) is 10.4. The van der Waals surface area contributed by atoms with Crippen LogP contribution >= 0.6 is 34.8 Å². The van der Waals surface area contributed by atoms with E-state index in [4.69, 9.17) is 39.5 Å². The number of rotatable bonds is 5. The molecule has 1 amide bonds. The molecule has 0 bridgehead atoms. The summed E-state index contributed by atoms with van der Waals surface area (Å²) in [4.78, 5) is 12.4. The average molecular weight is 407 g/mol. The maximum atomic E-state index is 12.4.